The Bertz CT molecular complexity index is 1360. The molecule has 3 aromatic heterocycles. The Kier molecular flexibility index (Phi) is 7.97. The van der Waals surface area contributed by atoms with E-state index in [2.05, 4.69) is 26.7 Å². The van der Waals surface area contributed by atoms with E-state index in [1.807, 2.05) is 52.0 Å². The maximum absolute atomic E-state index is 12.9. The number of anilines is 1. The average Bonchev–Trinajstić information content (AvgIpc) is 3.50. The molecule has 10 heteroatoms. The largest absolute Gasteiger partial charge is 0.444 e. The number of nitrogens with two attached hydrogens (primary N) is 1. The van der Waals surface area contributed by atoms with Gasteiger partial charge in [-0.2, -0.15) is 5.10 Å². The van der Waals surface area contributed by atoms with Crippen molar-refractivity contribution in [1.29, 1.82) is 0 Å². The van der Waals surface area contributed by atoms with Gasteiger partial charge in [-0.25, -0.2) is 14.8 Å². The van der Waals surface area contributed by atoms with Gasteiger partial charge in [0.15, 0.2) is 5.82 Å². The molecule has 0 aliphatic carbocycles. The maximum Gasteiger partial charge on any atom is 0.410 e. The zero-order chi connectivity index (χ0) is 26.6. The number of hydrogen-bond acceptors (Lipinski definition) is 7. The third-order valence-electron chi connectivity index (χ3n) is 6.06. The first-order valence-electron chi connectivity index (χ1n) is 12.9. The van der Waals surface area contributed by atoms with E-state index in [1.165, 1.54) is 0 Å². The summed E-state index contributed by atoms with van der Waals surface area (Å²) in [6.07, 6.45) is 3.42. The summed E-state index contributed by atoms with van der Waals surface area (Å²) in [7, 11) is 0. The lowest BCUT2D eigenvalue weighted by atomic mass is 10.1. The zero-order valence-corrected chi connectivity index (χ0v) is 22.4. The van der Waals surface area contributed by atoms with Gasteiger partial charge in [-0.05, 0) is 52.3 Å². The molecule has 198 valence electrons. The van der Waals surface area contributed by atoms with Crippen molar-refractivity contribution in [3.8, 4) is 11.3 Å². The predicted molar refractivity (Wildman–Crippen MR) is 145 cm³/mol. The first-order chi connectivity index (χ1) is 17.7. The fourth-order valence-electron chi connectivity index (χ4n) is 4.21. The molecule has 0 saturated carbocycles. The molecule has 4 aromatic rings. The summed E-state index contributed by atoms with van der Waals surface area (Å²) in [6, 6.07) is 7.97. The van der Waals surface area contributed by atoms with Crippen molar-refractivity contribution in [1.82, 2.24) is 29.6 Å². The molecule has 1 amide bonds. The molecule has 0 unspecified atom stereocenters. The van der Waals surface area contributed by atoms with Gasteiger partial charge in [0.25, 0.3) is 0 Å². The Hall–Kier alpha value is -3.66. The van der Waals surface area contributed by atoms with Crippen LogP contribution >= 0.6 is 0 Å². The molecule has 1 aromatic carbocycles. The number of aromatic nitrogens is 5. The smallest absolute Gasteiger partial charge is 0.410 e. The number of H-pyrrole nitrogens is 1. The van der Waals surface area contributed by atoms with Crippen LogP contribution in [0.25, 0.3) is 33.2 Å². The van der Waals surface area contributed by atoms with Crippen LogP contribution in [0.1, 0.15) is 53.3 Å². The van der Waals surface area contributed by atoms with E-state index in [4.69, 9.17) is 20.2 Å². The van der Waals surface area contributed by atoms with Crippen LogP contribution in [0.2, 0.25) is 0 Å². The molecule has 0 fully saturated rings. The molecule has 4 rings (SSSR count). The van der Waals surface area contributed by atoms with Gasteiger partial charge in [-0.1, -0.05) is 19.4 Å². The summed E-state index contributed by atoms with van der Waals surface area (Å²) in [5.41, 5.74) is 9.97. The third kappa shape index (κ3) is 6.02. The minimum absolute atomic E-state index is 0.280. The number of rotatable bonds is 10. The Morgan fingerprint density at radius 2 is 1.97 bits per heavy atom. The molecule has 0 saturated heterocycles. The lowest BCUT2D eigenvalue weighted by Crippen LogP contribution is -2.37. The number of hydrogen-bond donors (Lipinski definition) is 2. The van der Waals surface area contributed by atoms with Crippen LogP contribution in [-0.2, 0) is 22.6 Å². The van der Waals surface area contributed by atoms with Crippen LogP contribution in [-0.4, -0.2) is 61.1 Å². The summed E-state index contributed by atoms with van der Waals surface area (Å²) in [4.78, 5) is 24.1. The molecule has 3 heterocycles. The second-order valence-corrected chi connectivity index (χ2v) is 10.0. The van der Waals surface area contributed by atoms with E-state index in [0.717, 1.165) is 40.5 Å². The number of aromatic amines is 1. The Labute approximate surface area is 217 Å². The number of pyridine rings is 1. The van der Waals surface area contributed by atoms with Crippen LogP contribution < -0.4 is 5.73 Å². The van der Waals surface area contributed by atoms with E-state index in [1.54, 1.807) is 11.1 Å². The lowest BCUT2D eigenvalue weighted by Gasteiger charge is -2.26. The fourth-order valence-corrected chi connectivity index (χ4v) is 4.21. The highest BCUT2D eigenvalue weighted by atomic mass is 16.6. The van der Waals surface area contributed by atoms with E-state index >= 15 is 0 Å². The summed E-state index contributed by atoms with van der Waals surface area (Å²) >= 11 is 0. The molecular weight excluding hydrogens is 470 g/mol. The minimum Gasteiger partial charge on any atom is -0.444 e. The monoisotopic (exact) mass is 507 g/mol. The third-order valence-corrected chi connectivity index (χ3v) is 6.06. The molecule has 0 aliphatic rings. The van der Waals surface area contributed by atoms with Crippen molar-refractivity contribution in [2.45, 2.75) is 66.2 Å². The Morgan fingerprint density at radius 1 is 1.16 bits per heavy atom. The van der Waals surface area contributed by atoms with Gasteiger partial charge in [-0.3, -0.25) is 5.10 Å². The number of ether oxygens (including phenoxy) is 2. The number of nitrogens with one attached hydrogen (secondary N) is 1. The molecule has 0 radical (unpaired) electrons. The number of imidazole rings is 1. The van der Waals surface area contributed by atoms with E-state index in [-0.39, 0.29) is 12.6 Å². The number of carbonyl (C=O) groups is 1. The molecule has 0 atom stereocenters. The van der Waals surface area contributed by atoms with Crippen molar-refractivity contribution in [3.05, 3.63) is 36.3 Å². The van der Waals surface area contributed by atoms with Gasteiger partial charge in [0.05, 0.1) is 29.9 Å². The van der Waals surface area contributed by atoms with Crippen molar-refractivity contribution in [2.24, 2.45) is 0 Å². The number of amides is 1. The molecule has 0 spiro atoms. The summed E-state index contributed by atoms with van der Waals surface area (Å²) in [5, 5.41) is 7.97. The lowest BCUT2D eigenvalue weighted by molar-refractivity contribution is 0.0237. The SMILES string of the molecule is CCCCOCCn1c(CN(CC)C(=O)OC(C)(C)C)nc2c(N)nc3cc(-c4ccn[nH]4)ccc3c21. The summed E-state index contributed by atoms with van der Waals surface area (Å²) in [6.45, 7) is 12.2. The molecule has 37 heavy (non-hydrogen) atoms. The Balaban J connectivity index is 1.78. The molecule has 10 nitrogen and oxygen atoms in total. The van der Waals surface area contributed by atoms with Crippen LogP contribution in [0, 0.1) is 0 Å². The van der Waals surface area contributed by atoms with Crippen molar-refractivity contribution < 1.29 is 14.3 Å². The highest BCUT2D eigenvalue weighted by Gasteiger charge is 2.25. The quantitative estimate of drug-likeness (QED) is 0.285. The predicted octanol–water partition coefficient (Wildman–Crippen LogP) is 5.13. The second-order valence-electron chi connectivity index (χ2n) is 10.0. The van der Waals surface area contributed by atoms with Crippen molar-refractivity contribution in [3.63, 3.8) is 0 Å². The van der Waals surface area contributed by atoms with Crippen LogP contribution in [0.3, 0.4) is 0 Å². The highest BCUT2D eigenvalue weighted by molar-refractivity contribution is 6.07. The molecule has 0 bridgehead atoms. The Morgan fingerprint density at radius 3 is 2.65 bits per heavy atom. The summed E-state index contributed by atoms with van der Waals surface area (Å²) in [5.74, 6) is 1.05. The van der Waals surface area contributed by atoms with E-state index in [0.29, 0.717) is 43.5 Å². The first-order valence-corrected chi connectivity index (χ1v) is 12.9. The van der Waals surface area contributed by atoms with E-state index in [9.17, 15) is 4.79 Å². The van der Waals surface area contributed by atoms with E-state index < -0.39 is 5.60 Å². The number of unbranched alkanes of at least 4 members (excludes halogenated alkanes) is 1. The van der Waals surface area contributed by atoms with Crippen LogP contribution in [0.5, 0.6) is 0 Å². The molecule has 3 N–H and O–H groups in total. The minimum atomic E-state index is -0.589. The zero-order valence-electron chi connectivity index (χ0n) is 22.4. The van der Waals surface area contributed by atoms with Gasteiger partial charge in [0.1, 0.15) is 16.9 Å². The van der Waals surface area contributed by atoms with Gasteiger partial charge in [0.2, 0.25) is 0 Å². The average molecular weight is 508 g/mol. The molecular formula is C27H37N7O3. The van der Waals surface area contributed by atoms with Crippen molar-refractivity contribution >= 4 is 33.8 Å². The van der Waals surface area contributed by atoms with Crippen LogP contribution in [0.15, 0.2) is 30.5 Å². The fraction of sp³-hybridized carbons (Fsp3) is 0.481. The van der Waals surface area contributed by atoms with Gasteiger partial charge in [-0.15, -0.1) is 0 Å². The number of benzene rings is 1. The number of fused-ring (bicyclic) bond motifs is 3. The molecule has 0 aliphatic heterocycles. The van der Waals surface area contributed by atoms with Crippen molar-refractivity contribution in [2.75, 3.05) is 25.5 Å². The van der Waals surface area contributed by atoms with Crippen LogP contribution in [0.4, 0.5) is 10.6 Å². The highest BCUT2D eigenvalue weighted by Crippen LogP contribution is 2.32. The van der Waals surface area contributed by atoms with Gasteiger partial charge < -0.3 is 24.7 Å². The normalized spacial score (nSPS) is 11.9. The van der Waals surface area contributed by atoms with Gasteiger partial charge >= 0.3 is 6.09 Å². The second kappa shape index (κ2) is 11.2. The summed E-state index contributed by atoms with van der Waals surface area (Å²) < 4.78 is 13.6. The number of carbonyl (C=O) groups excluding carboxylic acids is 1. The van der Waals surface area contributed by atoms with Gasteiger partial charge in [0, 0.05) is 36.8 Å². The topological polar surface area (TPSA) is 124 Å². The first kappa shape index (κ1) is 26.4. The number of nitrogen functional groups attached to an aromatic ring is 1. The maximum atomic E-state index is 12.9. The standard InChI is InChI=1S/C27H37N7O3/c1-6-8-14-36-15-13-34-22(17-33(7-2)26(35)37-27(3,4)5)31-23-24(34)19-10-9-18(20-11-12-29-32-20)16-21(19)30-25(23)28/h9-12,16H,6-8,13-15,17H2,1-5H3,(H2,28,30)(H,29,32). The number of nitrogens with zero attached hydrogens (tertiary/aromatic N) is 5.